The first-order chi connectivity index (χ1) is 11.7. The summed E-state index contributed by atoms with van der Waals surface area (Å²) in [5.74, 6) is 0.560. The molecule has 25 heavy (non-hydrogen) atoms. The van der Waals surface area contributed by atoms with E-state index in [1.165, 1.54) is 0 Å². The van der Waals surface area contributed by atoms with E-state index in [4.69, 9.17) is 0 Å². The number of hydrogen-bond acceptors (Lipinski definition) is 5. The fraction of sp³-hybridized carbons (Fsp3) is 0.647. The molecule has 3 heterocycles. The molecule has 0 radical (unpaired) electrons. The van der Waals surface area contributed by atoms with Gasteiger partial charge in [0.25, 0.3) is 5.56 Å². The number of fused-ring (bicyclic) bond motifs is 1. The van der Waals surface area contributed by atoms with E-state index in [1.807, 2.05) is 25.7 Å². The molecule has 8 nitrogen and oxygen atoms in total. The predicted molar refractivity (Wildman–Crippen MR) is 96.8 cm³/mol. The molecule has 0 saturated carbocycles. The molecular weight excluding hydrogens is 320 g/mol. The van der Waals surface area contributed by atoms with Crippen LogP contribution in [-0.2, 0) is 10.3 Å². The van der Waals surface area contributed by atoms with Crippen LogP contribution in [0.2, 0.25) is 0 Å². The number of rotatable bonds is 2. The third kappa shape index (κ3) is 3.25. The second-order valence-electron chi connectivity index (χ2n) is 7.87. The Labute approximate surface area is 146 Å². The molecule has 2 aromatic rings. The minimum absolute atomic E-state index is 0.0720. The highest BCUT2D eigenvalue weighted by atomic mass is 16.2. The molecule has 0 spiro atoms. The van der Waals surface area contributed by atoms with E-state index in [1.54, 1.807) is 29.9 Å². The monoisotopic (exact) mass is 346 g/mol. The van der Waals surface area contributed by atoms with Crippen LogP contribution < -0.4 is 10.5 Å². The van der Waals surface area contributed by atoms with Crippen molar-refractivity contribution in [3.05, 3.63) is 16.6 Å². The maximum Gasteiger partial charge on any atom is 0.263 e. The van der Waals surface area contributed by atoms with E-state index in [0.29, 0.717) is 23.5 Å². The lowest BCUT2D eigenvalue weighted by molar-refractivity contribution is -0.133. The fourth-order valence-electron chi connectivity index (χ4n) is 3.28. The summed E-state index contributed by atoms with van der Waals surface area (Å²) >= 11 is 0. The SMILES string of the molecule is CN(C)C(=O)C1CCCN(c2nc3c(cnn3C(C)(C)C)c(=O)[nH]2)C1. The Bertz CT molecular complexity index is 845. The molecule has 1 amide bonds. The van der Waals surface area contributed by atoms with Gasteiger partial charge in [-0.15, -0.1) is 0 Å². The van der Waals surface area contributed by atoms with Gasteiger partial charge in [-0.1, -0.05) is 0 Å². The second-order valence-corrected chi connectivity index (χ2v) is 7.87. The van der Waals surface area contributed by atoms with Gasteiger partial charge in [-0.2, -0.15) is 10.1 Å². The van der Waals surface area contributed by atoms with Gasteiger partial charge in [-0.3, -0.25) is 14.6 Å². The number of piperidine rings is 1. The van der Waals surface area contributed by atoms with Crippen LogP contribution in [0.25, 0.3) is 11.0 Å². The summed E-state index contributed by atoms with van der Waals surface area (Å²) in [5, 5.41) is 4.82. The molecule has 2 aromatic heterocycles. The molecule has 136 valence electrons. The van der Waals surface area contributed by atoms with Crippen molar-refractivity contribution >= 4 is 22.9 Å². The van der Waals surface area contributed by atoms with Crippen LogP contribution in [0.5, 0.6) is 0 Å². The van der Waals surface area contributed by atoms with Gasteiger partial charge in [0.05, 0.1) is 17.7 Å². The highest BCUT2D eigenvalue weighted by molar-refractivity contribution is 5.79. The first-order valence-corrected chi connectivity index (χ1v) is 8.63. The summed E-state index contributed by atoms with van der Waals surface area (Å²) in [4.78, 5) is 35.9. The lowest BCUT2D eigenvalue weighted by Crippen LogP contribution is -2.43. The largest absolute Gasteiger partial charge is 0.349 e. The van der Waals surface area contributed by atoms with Crippen molar-refractivity contribution in [1.29, 1.82) is 0 Å². The van der Waals surface area contributed by atoms with Crippen molar-refractivity contribution in [2.75, 3.05) is 32.1 Å². The average molecular weight is 346 g/mol. The highest BCUT2D eigenvalue weighted by Gasteiger charge is 2.29. The Morgan fingerprint density at radius 2 is 2.08 bits per heavy atom. The van der Waals surface area contributed by atoms with Gasteiger partial charge >= 0.3 is 0 Å². The number of anilines is 1. The molecule has 0 aromatic carbocycles. The number of nitrogens with one attached hydrogen (secondary N) is 1. The van der Waals surface area contributed by atoms with Crippen molar-refractivity contribution in [2.24, 2.45) is 5.92 Å². The van der Waals surface area contributed by atoms with Gasteiger partial charge in [0, 0.05) is 27.2 Å². The maximum atomic E-state index is 12.5. The fourth-order valence-corrected chi connectivity index (χ4v) is 3.28. The normalized spacial score (nSPS) is 18.6. The van der Waals surface area contributed by atoms with Crippen molar-refractivity contribution in [1.82, 2.24) is 24.6 Å². The number of carbonyl (C=O) groups is 1. The summed E-state index contributed by atoms with van der Waals surface area (Å²) in [5.41, 5.74) is 0.106. The zero-order valence-corrected chi connectivity index (χ0v) is 15.5. The average Bonchev–Trinajstić information content (AvgIpc) is 2.99. The molecular formula is C17H26N6O2. The summed E-state index contributed by atoms with van der Waals surface area (Å²) in [6, 6.07) is 0. The summed E-state index contributed by atoms with van der Waals surface area (Å²) < 4.78 is 1.77. The lowest BCUT2D eigenvalue weighted by atomic mass is 9.97. The topological polar surface area (TPSA) is 87.1 Å². The summed E-state index contributed by atoms with van der Waals surface area (Å²) in [6.07, 6.45) is 3.31. The van der Waals surface area contributed by atoms with E-state index in [9.17, 15) is 9.59 Å². The smallest absolute Gasteiger partial charge is 0.263 e. The van der Waals surface area contributed by atoms with Gasteiger partial charge in [-0.05, 0) is 33.6 Å². The van der Waals surface area contributed by atoms with Crippen molar-refractivity contribution in [3.8, 4) is 0 Å². The van der Waals surface area contributed by atoms with Crippen molar-refractivity contribution in [2.45, 2.75) is 39.2 Å². The van der Waals surface area contributed by atoms with E-state index < -0.39 is 0 Å². The van der Waals surface area contributed by atoms with Crippen LogP contribution in [0.15, 0.2) is 11.0 Å². The molecule has 8 heteroatoms. The van der Waals surface area contributed by atoms with E-state index in [-0.39, 0.29) is 22.9 Å². The molecule has 1 unspecified atom stereocenters. The number of nitrogens with zero attached hydrogens (tertiary/aromatic N) is 5. The zero-order valence-electron chi connectivity index (χ0n) is 15.5. The third-order valence-corrected chi connectivity index (χ3v) is 4.57. The minimum Gasteiger partial charge on any atom is -0.349 e. The third-order valence-electron chi connectivity index (χ3n) is 4.57. The van der Waals surface area contributed by atoms with Gasteiger partial charge in [0.2, 0.25) is 11.9 Å². The predicted octanol–water partition coefficient (Wildman–Crippen LogP) is 1.18. The van der Waals surface area contributed by atoms with E-state index in [2.05, 4.69) is 15.1 Å². The summed E-state index contributed by atoms with van der Waals surface area (Å²) in [7, 11) is 3.55. The number of hydrogen-bond donors (Lipinski definition) is 1. The highest BCUT2D eigenvalue weighted by Crippen LogP contribution is 2.23. The maximum absolute atomic E-state index is 12.5. The van der Waals surface area contributed by atoms with E-state index >= 15 is 0 Å². The van der Waals surface area contributed by atoms with E-state index in [0.717, 1.165) is 19.4 Å². The van der Waals surface area contributed by atoms with Crippen LogP contribution in [0.4, 0.5) is 5.95 Å². The van der Waals surface area contributed by atoms with Crippen LogP contribution in [-0.4, -0.2) is 57.7 Å². The molecule has 1 fully saturated rings. The number of aromatic amines is 1. The Balaban J connectivity index is 1.98. The standard InChI is InChI=1S/C17H26N6O2/c1-17(2,3)23-13-12(9-18-23)14(24)20-16(19-13)22-8-6-7-11(10-22)15(25)21(4)5/h9,11H,6-8,10H2,1-5H3,(H,19,20,24). The molecule has 0 aliphatic carbocycles. The number of aromatic nitrogens is 4. The molecule has 1 N–H and O–H groups in total. The van der Waals surface area contributed by atoms with Gasteiger partial charge in [-0.25, -0.2) is 4.68 Å². The second kappa shape index (κ2) is 6.16. The Kier molecular flexibility index (Phi) is 4.30. The van der Waals surface area contributed by atoms with Crippen LogP contribution in [0, 0.1) is 5.92 Å². The Morgan fingerprint density at radius 3 is 2.72 bits per heavy atom. The minimum atomic E-state index is -0.273. The van der Waals surface area contributed by atoms with Crippen molar-refractivity contribution in [3.63, 3.8) is 0 Å². The van der Waals surface area contributed by atoms with Crippen LogP contribution in [0.1, 0.15) is 33.6 Å². The van der Waals surface area contributed by atoms with Gasteiger partial charge in [0.1, 0.15) is 5.39 Å². The molecule has 0 bridgehead atoms. The molecule has 1 atom stereocenters. The van der Waals surface area contributed by atoms with Crippen LogP contribution >= 0.6 is 0 Å². The Morgan fingerprint density at radius 1 is 1.36 bits per heavy atom. The van der Waals surface area contributed by atoms with Crippen LogP contribution in [0.3, 0.4) is 0 Å². The van der Waals surface area contributed by atoms with Crippen molar-refractivity contribution < 1.29 is 4.79 Å². The number of H-pyrrole nitrogens is 1. The Hall–Kier alpha value is -2.38. The van der Waals surface area contributed by atoms with Gasteiger partial charge < -0.3 is 9.80 Å². The van der Waals surface area contributed by atoms with Gasteiger partial charge in [0.15, 0.2) is 5.65 Å². The molecule has 3 rings (SSSR count). The number of amides is 1. The first-order valence-electron chi connectivity index (χ1n) is 8.63. The quantitative estimate of drug-likeness (QED) is 0.882. The zero-order chi connectivity index (χ0) is 18.4. The molecule has 1 aliphatic heterocycles. The number of carbonyl (C=O) groups excluding carboxylic acids is 1. The lowest BCUT2D eigenvalue weighted by Gasteiger charge is -2.33. The summed E-state index contributed by atoms with van der Waals surface area (Å²) in [6.45, 7) is 7.41. The molecule has 1 aliphatic rings. The first kappa shape index (κ1) is 17.4. The molecule has 1 saturated heterocycles.